The Balaban J connectivity index is 1.67. The average molecular weight is 396 g/mol. The molecule has 2 aromatic carbocycles. The summed E-state index contributed by atoms with van der Waals surface area (Å²) in [5, 5.41) is 5.03. The third-order valence-electron chi connectivity index (χ3n) is 4.12. The fourth-order valence-electron chi connectivity index (χ4n) is 2.70. The topological polar surface area (TPSA) is 91.0 Å². The number of hydrogen-bond donors (Lipinski definition) is 1. The van der Waals surface area contributed by atoms with Gasteiger partial charge >= 0.3 is 0 Å². The molecule has 1 amide bonds. The third-order valence-corrected chi connectivity index (χ3v) is 4.35. The minimum absolute atomic E-state index is 0.262. The Bertz CT molecular complexity index is 1230. The van der Waals surface area contributed by atoms with Crippen LogP contribution in [0.4, 0.5) is 0 Å². The summed E-state index contributed by atoms with van der Waals surface area (Å²) in [6, 6.07) is 13.6. The summed E-state index contributed by atoms with van der Waals surface area (Å²) in [6.07, 6.45) is 2.65. The molecular weight excluding hydrogens is 382 g/mol. The van der Waals surface area contributed by atoms with E-state index in [1.54, 1.807) is 55.6 Å². The molecule has 0 saturated carbocycles. The minimum atomic E-state index is -0.451. The normalized spacial score (nSPS) is 10.8. The minimum Gasteiger partial charge on any atom is -0.497 e. The summed E-state index contributed by atoms with van der Waals surface area (Å²) in [5.41, 5.74) is 3.49. The van der Waals surface area contributed by atoms with E-state index in [1.807, 2.05) is 0 Å². The van der Waals surface area contributed by atoms with Crippen LogP contribution in [0.2, 0.25) is 5.02 Å². The Morgan fingerprint density at radius 1 is 1.18 bits per heavy atom. The number of rotatable bonds is 4. The van der Waals surface area contributed by atoms with Crippen molar-refractivity contribution in [2.24, 2.45) is 0 Å². The number of hydrogen-bond acceptors (Lipinski definition) is 5. The monoisotopic (exact) mass is 395 g/mol. The lowest BCUT2D eigenvalue weighted by Crippen LogP contribution is -2.33. The number of amides is 1. The molecule has 0 radical (unpaired) electrons. The Labute approximate surface area is 163 Å². The van der Waals surface area contributed by atoms with Crippen LogP contribution in [0.15, 0.2) is 65.8 Å². The first-order valence-corrected chi connectivity index (χ1v) is 8.61. The van der Waals surface area contributed by atoms with Gasteiger partial charge < -0.3 is 4.74 Å². The SMILES string of the molecule is COc1ccc(C(=O)Nn2cnc3c(cnn3-c3cccc(Cl)c3)c2=O)cc1. The highest BCUT2D eigenvalue weighted by atomic mass is 35.5. The highest BCUT2D eigenvalue weighted by Crippen LogP contribution is 2.17. The van der Waals surface area contributed by atoms with Crippen LogP contribution in [0.1, 0.15) is 10.4 Å². The van der Waals surface area contributed by atoms with Gasteiger partial charge in [0.15, 0.2) is 5.65 Å². The molecule has 0 fully saturated rings. The van der Waals surface area contributed by atoms with Crippen LogP contribution in [0.5, 0.6) is 5.75 Å². The molecule has 0 unspecified atom stereocenters. The van der Waals surface area contributed by atoms with Crippen molar-refractivity contribution in [3.05, 3.63) is 82.0 Å². The standard InChI is InChI=1S/C19H14ClN5O3/c1-28-15-7-5-12(6-8-15)18(26)23-24-11-21-17-16(19(24)27)10-22-25(17)14-4-2-3-13(20)9-14/h2-11H,1H3,(H,23,26). The lowest BCUT2D eigenvalue weighted by molar-refractivity contribution is 0.101. The lowest BCUT2D eigenvalue weighted by atomic mass is 10.2. The first kappa shape index (κ1) is 17.7. The van der Waals surface area contributed by atoms with Gasteiger partial charge in [-0.2, -0.15) is 5.10 Å². The van der Waals surface area contributed by atoms with Crippen LogP contribution in [0.25, 0.3) is 16.7 Å². The molecule has 4 aromatic rings. The zero-order valence-electron chi connectivity index (χ0n) is 14.7. The summed E-state index contributed by atoms with van der Waals surface area (Å²) >= 11 is 6.02. The fourth-order valence-corrected chi connectivity index (χ4v) is 2.89. The molecule has 140 valence electrons. The second-order valence-corrected chi connectivity index (χ2v) is 6.30. The predicted molar refractivity (Wildman–Crippen MR) is 105 cm³/mol. The van der Waals surface area contributed by atoms with Crippen LogP contribution < -0.4 is 15.7 Å². The number of carbonyl (C=O) groups excluding carboxylic acids is 1. The molecule has 2 heterocycles. The zero-order chi connectivity index (χ0) is 19.7. The van der Waals surface area contributed by atoms with Gasteiger partial charge in [0.05, 0.1) is 19.0 Å². The molecule has 8 nitrogen and oxygen atoms in total. The van der Waals surface area contributed by atoms with E-state index in [0.717, 1.165) is 4.68 Å². The second kappa shape index (κ2) is 7.16. The van der Waals surface area contributed by atoms with Crippen molar-refractivity contribution in [1.29, 1.82) is 0 Å². The van der Waals surface area contributed by atoms with Gasteiger partial charge in [-0.15, -0.1) is 0 Å². The molecular formula is C19H14ClN5O3. The summed E-state index contributed by atoms with van der Waals surface area (Å²) < 4.78 is 7.61. The molecule has 0 bridgehead atoms. The Kier molecular flexibility index (Phi) is 4.54. The van der Waals surface area contributed by atoms with E-state index in [9.17, 15) is 9.59 Å². The van der Waals surface area contributed by atoms with Crippen molar-refractivity contribution in [2.45, 2.75) is 0 Å². The third kappa shape index (κ3) is 3.21. The highest BCUT2D eigenvalue weighted by molar-refractivity contribution is 6.30. The van der Waals surface area contributed by atoms with Crippen molar-refractivity contribution >= 4 is 28.5 Å². The highest BCUT2D eigenvalue weighted by Gasteiger charge is 2.14. The van der Waals surface area contributed by atoms with Crippen LogP contribution in [0.3, 0.4) is 0 Å². The van der Waals surface area contributed by atoms with E-state index in [4.69, 9.17) is 16.3 Å². The number of nitrogens with zero attached hydrogens (tertiary/aromatic N) is 4. The molecule has 0 spiro atoms. The molecule has 0 saturated heterocycles. The number of halogens is 1. The Hall–Kier alpha value is -3.65. The maximum absolute atomic E-state index is 12.7. The van der Waals surface area contributed by atoms with Crippen molar-refractivity contribution in [1.82, 2.24) is 19.4 Å². The molecule has 28 heavy (non-hydrogen) atoms. The largest absolute Gasteiger partial charge is 0.497 e. The quantitative estimate of drug-likeness (QED) is 0.573. The van der Waals surface area contributed by atoms with Crippen molar-refractivity contribution in [3.63, 3.8) is 0 Å². The molecule has 4 rings (SSSR count). The molecule has 2 aromatic heterocycles. The molecule has 0 aliphatic rings. The second-order valence-electron chi connectivity index (χ2n) is 5.86. The smallest absolute Gasteiger partial charge is 0.283 e. The Morgan fingerprint density at radius 3 is 2.68 bits per heavy atom. The number of methoxy groups -OCH3 is 1. The summed E-state index contributed by atoms with van der Waals surface area (Å²) in [5.74, 6) is 0.179. The van der Waals surface area contributed by atoms with Crippen LogP contribution in [0, 0.1) is 0 Å². The van der Waals surface area contributed by atoms with Gasteiger partial charge in [-0.3, -0.25) is 15.0 Å². The first-order valence-electron chi connectivity index (χ1n) is 8.23. The van der Waals surface area contributed by atoms with Gasteiger partial charge in [-0.1, -0.05) is 17.7 Å². The van der Waals surface area contributed by atoms with E-state index < -0.39 is 11.5 Å². The van der Waals surface area contributed by atoms with Crippen LogP contribution in [-0.2, 0) is 0 Å². The van der Waals surface area contributed by atoms with Crippen molar-refractivity contribution in [3.8, 4) is 11.4 Å². The summed E-state index contributed by atoms with van der Waals surface area (Å²) in [7, 11) is 1.54. The van der Waals surface area contributed by atoms with Crippen molar-refractivity contribution in [2.75, 3.05) is 12.5 Å². The van der Waals surface area contributed by atoms with Gasteiger partial charge in [-0.05, 0) is 42.5 Å². The molecule has 9 heteroatoms. The molecule has 0 aliphatic carbocycles. The first-order chi connectivity index (χ1) is 13.6. The molecule has 1 N–H and O–H groups in total. The van der Waals surface area contributed by atoms with Gasteiger partial charge in [0.1, 0.15) is 17.5 Å². The number of nitrogens with one attached hydrogen (secondary N) is 1. The summed E-state index contributed by atoms with van der Waals surface area (Å²) in [4.78, 5) is 29.4. The van der Waals surface area contributed by atoms with E-state index in [0.29, 0.717) is 27.7 Å². The average Bonchev–Trinajstić information content (AvgIpc) is 3.15. The molecule has 0 atom stereocenters. The van der Waals surface area contributed by atoms with E-state index in [-0.39, 0.29) is 5.39 Å². The maximum atomic E-state index is 12.7. The zero-order valence-corrected chi connectivity index (χ0v) is 15.4. The van der Waals surface area contributed by atoms with Crippen LogP contribution >= 0.6 is 11.6 Å². The number of carbonyl (C=O) groups is 1. The van der Waals surface area contributed by atoms with E-state index in [1.165, 1.54) is 17.2 Å². The maximum Gasteiger partial charge on any atom is 0.283 e. The fraction of sp³-hybridized carbons (Fsp3) is 0.0526. The van der Waals surface area contributed by atoms with Crippen molar-refractivity contribution < 1.29 is 9.53 Å². The predicted octanol–water partition coefficient (Wildman–Crippen LogP) is 2.63. The number of fused-ring (bicyclic) bond motifs is 1. The van der Waals surface area contributed by atoms with Crippen LogP contribution in [-0.4, -0.2) is 32.5 Å². The van der Waals surface area contributed by atoms with Gasteiger partial charge in [0.25, 0.3) is 11.5 Å². The summed E-state index contributed by atoms with van der Waals surface area (Å²) in [6.45, 7) is 0. The molecule has 0 aliphatic heterocycles. The van der Waals surface area contributed by atoms with Gasteiger partial charge in [0.2, 0.25) is 0 Å². The van der Waals surface area contributed by atoms with Gasteiger partial charge in [0, 0.05) is 10.6 Å². The lowest BCUT2D eigenvalue weighted by Gasteiger charge is -2.08. The number of ether oxygens (including phenoxy) is 1. The Morgan fingerprint density at radius 2 is 1.96 bits per heavy atom. The van der Waals surface area contributed by atoms with E-state index in [2.05, 4.69) is 15.5 Å². The van der Waals surface area contributed by atoms with E-state index >= 15 is 0 Å². The van der Waals surface area contributed by atoms with Gasteiger partial charge in [-0.25, -0.2) is 14.3 Å². The number of aromatic nitrogens is 4. The number of benzene rings is 2.